The molecule has 0 heterocycles. The number of carboxylic acid groups (broad SMARTS) is 1. The fourth-order valence-electron chi connectivity index (χ4n) is 1.23. The minimum absolute atomic E-state index is 0.0210. The number of hydrogen-bond donors (Lipinski definition) is 5. The summed E-state index contributed by atoms with van der Waals surface area (Å²) < 4.78 is 0. The average molecular weight is 275 g/mol. The summed E-state index contributed by atoms with van der Waals surface area (Å²) in [5.41, 5.74) is 5.66. The highest BCUT2D eigenvalue weighted by Crippen LogP contribution is 2.04. The van der Waals surface area contributed by atoms with Crippen LogP contribution in [0.3, 0.4) is 0 Å². The molecule has 0 fully saturated rings. The van der Waals surface area contributed by atoms with Gasteiger partial charge in [0, 0.05) is 0 Å². The monoisotopic (exact) mass is 275 g/mol. The number of carbonyl (C=O) groups is 3. The lowest BCUT2D eigenvalue weighted by Crippen LogP contribution is -2.50. The zero-order valence-electron chi connectivity index (χ0n) is 11.0. The molecule has 0 aliphatic carbocycles. The van der Waals surface area contributed by atoms with Gasteiger partial charge in [-0.3, -0.25) is 9.59 Å². The molecule has 0 saturated carbocycles. The highest BCUT2D eigenvalue weighted by Gasteiger charge is 2.21. The van der Waals surface area contributed by atoms with E-state index in [-0.39, 0.29) is 12.5 Å². The predicted molar refractivity (Wildman–Crippen MR) is 67.1 cm³/mol. The molecule has 0 aromatic rings. The Kier molecular flexibility index (Phi) is 7.69. The van der Waals surface area contributed by atoms with Gasteiger partial charge >= 0.3 is 5.97 Å². The van der Waals surface area contributed by atoms with E-state index in [0.29, 0.717) is 0 Å². The van der Waals surface area contributed by atoms with Gasteiger partial charge in [0.25, 0.3) is 0 Å². The van der Waals surface area contributed by atoms with Crippen LogP contribution in [0.2, 0.25) is 0 Å². The lowest BCUT2D eigenvalue weighted by Gasteiger charge is -2.18. The zero-order chi connectivity index (χ0) is 15.0. The van der Waals surface area contributed by atoms with Crippen LogP contribution in [-0.4, -0.2) is 53.2 Å². The third kappa shape index (κ3) is 6.16. The van der Waals surface area contributed by atoms with Crippen molar-refractivity contribution in [3.8, 4) is 0 Å². The molecule has 0 bridgehead atoms. The Labute approximate surface area is 111 Å². The molecule has 0 radical (unpaired) electrons. The summed E-state index contributed by atoms with van der Waals surface area (Å²) in [6.45, 7) is 2.61. The number of amides is 2. The maximum absolute atomic E-state index is 11.6. The molecule has 110 valence electrons. The van der Waals surface area contributed by atoms with Gasteiger partial charge in [-0.15, -0.1) is 0 Å². The third-order valence-electron chi connectivity index (χ3n) is 2.80. The topological polar surface area (TPSA) is 142 Å². The largest absolute Gasteiger partial charge is 0.480 e. The Morgan fingerprint density at radius 1 is 1.32 bits per heavy atom. The van der Waals surface area contributed by atoms with Crippen LogP contribution in [-0.2, 0) is 14.4 Å². The Morgan fingerprint density at radius 2 is 1.89 bits per heavy atom. The second-order valence-corrected chi connectivity index (χ2v) is 4.27. The van der Waals surface area contributed by atoms with Gasteiger partial charge < -0.3 is 26.6 Å². The highest BCUT2D eigenvalue weighted by atomic mass is 16.4. The van der Waals surface area contributed by atoms with Crippen LogP contribution in [0.4, 0.5) is 0 Å². The van der Waals surface area contributed by atoms with Gasteiger partial charge in [0.05, 0.1) is 19.2 Å². The highest BCUT2D eigenvalue weighted by molar-refractivity contribution is 5.89. The fourth-order valence-corrected chi connectivity index (χ4v) is 1.23. The van der Waals surface area contributed by atoms with Gasteiger partial charge in [-0.25, -0.2) is 4.79 Å². The van der Waals surface area contributed by atoms with E-state index in [4.69, 9.17) is 15.9 Å². The van der Waals surface area contributed by atoms with Crippen LogP contribution in [0.5, 0.6) is 0 Å². The van der Waals surface area contributed by atoms with Gasteiger partial charge in [-0.1, -0.05) is 20.3 Å². The van der Waals surface area contributed by atoms with Gasteiger partial charge in [-0.2, -0.15) is 0 Å². The lowest BCUT2D eigenvalue weighted by atomic mass is 9.99. The molecule has 6 N–H and O–H groups in total. The summed E-state index contributed by atoms with van der Waals surface area (Å²) >= 11 is 0. The summed E-state index contributed by atoms with van der Waals surface area (Å²) in [6, 6.07) is -2.10. The Bertz CT molecular complexity index is 334. The van der Waals surface area contributed by atoms with Crippen LogP contribution in [0, 0.1) is 5.92 Å². The number of rotatable bonds is 8. The van der Waals surface area contributed by atoms with Crippen LogP contribution < -0.4 is 16.4 Å². The maximum Gasteiger partial charge on any atom is 0.328 e. The summed E-state index contributed by atoms with van der Waals surface area (Å²) in [4.78, 5) is 33.5. The van der Waals surface area contributed by atoms with Crippen LogP contribution in [0.25, 0.3) is 0 Å². The number of aliphatic hydroxyl groups excluding tert-OH is 1. The molecular weight excluding hydrogens is 254 g/mol. The molecule has 0 saturated heterocycles. The van der Waals surface area contributed by atoms with Crippen LogP contribution in [0.15, 0.2) is 0 Å². The first-order valence-corrected chi connectivity index (χ1v) is 5.99. The molecule has 0 aliphatic rings. The van der Waals surface area contributed by atoms with Crippen molar-refractivity contribution in [2.24, 2.45) is 11.7 Å². The second kappa shape index (κ2) is 8.44. The number of carbonyl (C=O) groups excluding carboxylic acids is 2. The fraction of sp³-hybridized carbons (Fsp3) is 0.727. The molecule has 2 amide bonds. The van der Waals surface area contributed by atoms with E-state index in [1.807, 2.05) is 13.8 Å². The quantitative estimate of drug-likeness (QED) is 0.348. The Morgan fingerprint density at radius 3 is 2.32 bits per heavy atom. The smallest absolute Gasteiger partial charge is 0.328 e. The second-order valence-electron chi connectivity index (χ2n) is 4.27. The molecule has 19 heavy (non-hydrogen) atoms. The molecule has 8 nitrogen and oxygen atoms in total. The first-order chi connectivity index (χ1) is 8.83. The Hall–Kier alpha value is -1.67. The summed E-state index contributed by atoms with van der Waals surface area (Å²) in [5.74, 6) is -2.54. The van der Waals surface area contributed by atoms with Crippen molar-refractivity contribution in [1.82, 2.24) is 10.6 Å². The molecule has 0 rings (SSSR count). The number of hydrogen-bond acceptors (Lipinski definition) is 5. The molecule has 0 spiro atoms. The van der Waals surface area contributed by atoms with Crippen molar-refractivity contribution in [3.05, 3.63) is 0 Å². The molecule has 0 aromatic heterocycles. The van der Waals surface area contributed by atoms with Gasteiger partial charge in [0.1, 0.15) is 6.04 Å². The molecule has 8 heteroatoms. The normalized spacial score (nSPS) is 15.2. The van der Waals surface area contributed by atoms with E-state index in [0.717, 1.165) is 6.42 Å². The molecular formula is C11H21N3O5. The Balaban J connectivity index is 4.16. The van der Waals surface area contributed by atoms with Crippen molar-refractivity contribution in [2.75, 3.05) is 13.2 Å². The van der Waals surface area contributed by atoms with Crippen molar-refractivity contribution in [1.29, 1.82) is 0 Å². The standard InChI is InChI=1S/C11H21N3O5/c1-3-6(2)9(12)10(17)13-4-8(16)14-7(5-15)11(18)19/h6-7,9,15H,3-5,12H2,1-2H3,(H,13,17)(H,14,16)(H,18,19)/t6-,7-,9-/m0/s1. The van der Waals surface area contributed by atoms with Crippen molar-refractivity contribution in [3.63, 3.8) is 0 Å². The van der Waals surface area contributed by atoms with Crippen LogP contribution in [0.1, 0.15) is 20.3 Å². The van der Waals surface area contributed by atoms with E-state index in [9.17, 15) is 14.4 Å². The first-order valence-electron chi connectivity index (χ1n) is 5.99. The van der Waals surface area contributed by atoms with E-state index < -0.39 is 36.5 Å². The predicted octanol–water partition coefficient (Wildman–Crippen LogP) is -1.96. The third-order valence-corrected chi connectivity index (χ3v) is 2.80. The van der Waals surface area contributed by atoms with Crippen LogP contribution >= 0.6 is 0 Å². The number of nitrogens with two attached hydrogens (primary N) is 1. The molecule has 3 atom stereocenters. The summed E-state index contributed by atoms with van der Waals surface area (Å²) in [7, 11) is 0. The first kappa shape index (κ1) is 17.3. The number of nitrogens with one attached hydrogen (secondary N) is 2. The zero-order valence-corrected chi connectivity index (χ0v) is 11.0. The average Bonchev–Trinajstić information content (AvgIpc) is 2.39. The van der Waals surface area contributed by atoms with Gasteiger partial charge in [0.2, 0.25) is 11.8 Å². The number of aliphatic hydroxyl groups is 1. The molecule has 0 unspecified atom stereocenters. The minimum Gasteiger partial charge on any atom is -0.480 e. The van der Waals surface area contributed by atoms with E-state index in [1.165, 1.54) is 0 Å². The summed E-state index contributed by atoms with van der Waals surface area (Å²) in [5, 5.41) is 21.7. The van der Waals surface area contributed by atoms with Crippen molar-refractivity contribution >= 4 is 17.8 Å². The SMILES string of the molecule is CC[C@H](C)[C@H](N)C(=O)NCC(=O)N[C@@H](CO)C(=O)O. The van der Waals surface area contributed by atoms with Gasteiger partial charge in [-0.05, 0) is 5.92 Å². The number of carboxylic acids is 1. The van der Waals surface area contributed by atoms with E-state index >= 15 is 0 Å². The minimum atomic E-state index is -1.38. The number of aliphatic carboxylic acids is 1. The van der Waals surface area contributed by atoms with E-state index in [2.05, 4.69) is 10.6 Å². The van der Waals surface area contributed by atoms with E-state index in [1.54, 1.807) is 0 Å². The van der Waals surface area contributed by atoms with Crippen molar-refractivity contribution in [2.45, 2.75) is 32.4 Å². The lowest BCUT2D eigenvalue weighted by molar-refractivity contribution is -0.142. The molecule has 0 aromatic carbocycles. The van der Waals surface area contributed by atoms with Gasteiger partial charge in [0.15, 0.2) is 0 Å². The van der Waals surface area contributed by atoms with Crippen molar-refractivity contribution < 1.29 is 24.6 Å². The molecule has 0 aliphatic heterocycles. The maximum atomic E-state index is 11.6. The summed E-state index contributed by atoms with van der Waals surface area (Å²) in [6.07, 6.45) is 0.729.